The first-order chi connectivity index (χ1) is 9.61. The summed E-state index contributed by atoms with van der Waals surface area (Å²) in [6.45, 7) is 1.99. The van der Waals surface area contributed by atoms with Gasteiger partial charge in [-0.25, -0.2) is 0 Å². The molecule has 0 unspecified atom stereocenters. The van der Waals surface area contributed by atoms with Gasteiger partial charge in [0.15, 0.2) is 0 Å². The maximum absolute atomic E-state index is 10.8. The molecule has 0 fully saturated rings. The molecule has 5 heteroatoms. The van der Waals surface area contributed by atoms with Crippen LogP contribution in [-0.4, -0.2) is 4.92 Å². The van der Waals surface area contributed by atoms with Crippen molar-refractivity contribution in [3.05, 3.63) is 64.2 Å². The van der Waals surface area contributed by atoms with E-state index >= 15 is 0 Å². The van der Waals surface area contributed by atoms with Crippen LogP contribution in [0.5, 0.6) is 11.5 Å². The summed E-state index contributed by atoms with van der Waals surface area (Å²) in [5.74, 6) is 1.05. The van der Waals surface area contributed by atoms with Gasteiger partial charge in [-0.2, -0.15) is 0 Å². The first kappa shape index (κ1) is 14.0. The second kappa shape index (κ2) is 6.16. The lowest BCUT2D eigenvalue weighted by molar-refractivity contribution is -0.384. The number of benzene rings is 2. The number of nitro benzene ring substituents is 1. The number of nitrogens with two attached hydrogens (primary N) is 1. The molecule has 0 radical (unpaired) electrons. The lowest BCUT2D eigenvalue weighted by atomic mass is 10.0. The van der Waals surface area contributed by atoms with Crippen molar-refractivity contribution in [1.29, 1.82) is 0 Å². The number of ether oxygens (including phenoxy) is 1. The van der Waals surface area contributed by atoms with Crippen molar-refractivity contribution in [2.24, 2.45) is 5.73 Å². The van der Waals surface area contributed by atoms with E-state index in [4.69, 9.17) is 10.5 Å². The molecular weight excluding hydrogens is 256 g/mol. The molecule has 104 valence electrons. The van der Waals surface area contributed by atoms with Gasteiger partial charge in [0.2, 0.25) is 0 Å². The molecule has 2 aromatic carbocycles. The standard InChI is InChI=1S/C15H16N2O3/c1-2-14(16)13-8-3-4-9-15(13)20-12-7-5-6-11(10-12)17(18)19/h3-10,14H,2,16H2,1H3/t14-/m1/s1. The van der Waals surface area contributed by atoms with Crippen LogP contribution in [0.4, 0.5) is 5.69 Å². The van der Waals surface area contributed by atoms with Gasteiger partial charge in [0.1, 0.15) is 11.5 Å². The van der Waals surface area contributed by atoms with E-state index in [9.17, 15) is 10.1 Å². The SMILES string of the molecule is CC[C@@H](N)c1ccccc1Oc1cccc([N+](=O)[O-])c1. The van der Waals surface area contributed by atoms with E-state index in [0.29, 0.717) is 11.5 Å². The molecule has 0 saturated heterocycles. The van der Waals surface area contributed by atoms with Gasteiger partial charge in [0.05, 0.1) is 11.0 Å². The van der Waals surface area contributed by atoms with E-state index in [-0.39, 0.29) is 11.7 Å². The van der Waals surface area contributed by atoms with Gasteiger partial charge in [0.25, 0.3) is 5.69 Å². The molecule has 0 spiro atoms. The van der Waals surface area contributed by atoms with Crippen LogP contribution in [0.2, 0.25) is 0 Å². The minimum absolute atomic E-state index is 0.000212. The maximum atomic E-state index is 10.8. The van der Waals surface area contributed by atoms with Gasteiger partial charge in [0, 0.05) is 17.7 Å². The van der Waals surface area contributed by atoms with Crippen molar-refractivity contribution < 1.29 is 9.66 Å². The third-order valence-electron chi connectivity index (χ3n) is 3.01. The molecule has 0 amide bonds. The van der Waals surface area contributed by atoms with E-state index in [1.165, 1.54) is 12.1 Å². The second-order valence-electron chi connectivity index (χ2n) is 4.41. The highest BCUT2D eigenvalue weighted by Crippen LogP contribution is 2.31. The van der Waals surface area contributed by atoms with E-state index in [1.54, 1.807) is 12.1 Å². The Kier molecular flexibility index (Phi) is 4.32. The molecule has 0 aliphatic rings. The molecule has 0 heterocycles. The number of hydrogen-bond acceptors (Lipinski definition) is 4. The Labute approximate surface area is 117 Å². The highest BCUT2D eigenvalue weighted by Gasteiger charge is 2.12. The summed E-state index contributed by atoms with van der Waals surface area (Å²) in [6, 6.07) is 13.4. The molecule has 0 aliphatic heterocycles. The van der Waals surface area contributed by atoms with Crippen molar-refractivity contribution in [2.75, 3.05) is 0 Å². The van der Waals surface area contributed by atoms with Gasteiger partial charge >= 0.3 is 0 Å². The Hall–Kier alpha value is -2.40. The Balaban J connectivity index is 2.30. The third kappa shape index (κ3) is 3.13. The molecular formula is C15H16N2O3. The summed E-state index contributed by atoms with van der Waals surface area (Å²) in [4.78, 5) is 10.3. The summed E-state index contributed by atoms with van der Waals surface area (Å²) in [5, 5.41) is 10.8. The quantitative estimate of drug-likeness (QED) is 0.663. The van der Waals surface area contributed by atoms with Crippen molar-refractivity contribution >= 4 is 5.69 Å². The summed E-state index contributed by atoms with van der Waals surface area (Å²) in [6.07, 6.45) is 0.787. The van der Waals surface area contributed by atoms with Crippen LogP contribution >= 0.6 is 0 Å². The summed E-state index contributed by atoms with van der Waals surface area (Å²) >= 11 is 0. The van der Waals surface area contributed by atoms with E-state index in [2.05, 4.69) is 0 Å². The average Bonchev–Trinajstić information content (AvgIpc) is 2.47. The van der Waals surface area contributed by atoms with Gasteiger partial charge in [-0.05, 0) is 18.6 Å². The lowest BCUT2D eigenvalue weighted by Crippen LogP contribution is -2.09. The molecule has 20 heavy (non-hydrogen) atoms. The average molecular weight is 272 g/mol. The third-order valence-corrected chi connectivity index (χ3v) is 3.01. The van der Waals surface area contributed by atoms with Crippen LogP contribution in [0.15, 0.2) is 48.5 Å². The molecule has 1 atom stereocenters. The largest absolute Gasteiger partial charge is 0.457 e. The fourth-order valence-corrected chi connectivity index (χ4v) is 1.89. The van der Waals surface area contributed by atoms with Crippen LogP contribution in [0, 0.1) is 10.1 Å². The Morgan fingerprint density at radius 2 is 2.00 bits per heavy atom. The van der Waals surface area contributed by atoms with Gasteiger partial charge < -0.3 is 10.5 Å². The second-order valence-corrected chi connectivity index (χ2v) is 4.41. The number of nitrogens with zero attached hydrogens (tertiary/aromatic N) is 1. The van der Waals surface area contributed by atoms with Crippen LogP contribution in [0.25, 0.3) is 0 Å². The van der Waals surface area contributed by atoms with E-state index in [0.717, 1.165) is 12.0 Å². The molecule has 2 rings (SSSR count). The van der Waals surface area contributed by atoms with Gasteiger partial charge in [-0.3, -0.25) is 10.1 Å². The predicted molar refractivity (Wildman–Crippen MR) is 76.8 cm³/mol. The minimum atomic E-state index is -0.448. The van der Waals surface area contributed by atoms with Crippen LogP contribution < -0.4 is 10.5 Å². The molecule has 2 N–H and O–H groups in total. The van der Waals surface area contributed by atoms with Gasteiger partial charge in [-0.1, -0.05) is 31.2 Å². The normalized spacial score (nSPS) is 11.9. The number of nitro groups is 1. The zero-order chi connectivity index (χ0) is 14.5. The number of non-ortho nitro benzene ring substituents is 1. The molecule has 2 aromatic rings. The number of rotatable bonds is 5. The molecule has 5 nitrogen and oxygen atoms in total. The lowest BCUT2D eigenvalue weighted by Gasteiger charge is -2.15. The fourth-order valence-electron chi connectivity index (χ4n) is 1.89. The molecule has 0 saturated carbocycles. The van der Waals surface area contributed by atoms with Crippen LogP contribution in [-0.2, 0) is 0 Å². The summed E-state index contributed by atoms with van der Waals surface area (Å²) < 4.78 is 5.74. The number of para-hydroxylation sites is 1. The first-order valence-corrected chi connectivity index (χ1v) is 6.38. The summed E-state index contributed by atoms with van der Waals surface area (Å²) in [5.41, 5.74) is 6.93. The predicted octanol–water partition coefficient (Wildman–Crippen LogP) is 3.80. The van der Waals surface area contributed by atoms with E-state index < -0.39 is 4.92 Å². The smallest absolute Gasteiger partial charge is 0.273 e. The zero-order valence-electron chi connectivity index (χ0n) is 11.2. The minimum Gasteiger partial charge on any atom is -0.457 e. The Morgan fingerprint density at radius 3 is 2.70 bits per heavy atom. The zero-order valence-corrected chi connectivity index (χ0v) is 11.2. The topological polar surface area (TPSA) is 78.4 Å². The first-order valence-electron chi connectivity index (χ1n) is 6.38. The number of hydrogen-bond donors (Lipinski definition) is 1. The monoisotopic (exact) mass is 272 g/mol. The van der Waals surface area contributed by atoms with Crippen molar-refractivity contribution in [3.63, 3.8) is 0 Å². The highest BCUT2D eigenvalue weighted by atomic mass is 16.6. The van der Waals surface area contributed by atoms with Crippen molar-refractivity contribution in [2.45, 2.75) is 19.4 Å². The Morgan fingerprint density at radius 1 is 1.25 bits per heavy atom. The van der Waals surface area contributed by atoms with Crippen LogP contribution in [0.1, 0.15) is 24.9 Å². The maximum Gasteiger partial charge on any atom is 0.273 e. The highest BCUT2D eigenvalue weighted by molar-refractivity contribution is 5.43. The molecule has 0 aliphatic carbocycles. The van der Waals surface area contributed by atoms with Crippen molar-refractivity contribution in [3.8, 4) is 11.5 Å². The molecule has 0 bridgehead atoms. The van der Waals surface area contributed by atoms with Gasteiger partial charge in [-0.15, -0.1) is 0 Å². The van der Waals surface area contributed by atoms with E-state index in [1.807, 2.05) is 31.2 Å². The Bertz CT molecular complexity index is 614. The van der Waals surface area contributed by atoms with Crippen LogP contribution in [0.3, 0.4) is 0 Å². The fraction of sp³-hybridized carbons (Fsp3) is 0.200. The molecule has 0 aromatic heterocycles. The van der Waals surface area contributed by atoms with Crippen molar-refractivity contribution in [1.82, 2.24) is 0 Å². The summed E-state index contributed by atoms with van der Waals surface area (Å²) in [7, 11) is 0.